The first-order valence-electron chi connectivity index (χ1n) is 8.32. The van der Waals surface area contributed by atoms with Gasteiger partial charge < -0.3 is 31.5 Å². The van der Waals surface area contributed by atoms with Gasteiger partial charge in [0.15, 0.2) is 10.8 Å². The van der Waals surface area contributed by atoms with Gasteiger partial charge in [0.2, 0.25) is 0 Å². The SMILES string of the molecule is CON=C(C(=O)NC1C(=O)N2C(C(=O)O)=C(COC(N)=O)CS[C@@H]12)c1nc(N)sc1Br. The van der Waals surface area contributed by atoms with Gasteiger partial charge in [-0.25, -0.2) is 14.6 Å². The molecular formula is C15H15BrN6O7S2. The van der Waals surface area contributed by atoms with Crippen molar-refractivity contribution in [3.63, 3.8) is 0 Å². The number of carboxylic acid groups (broad SMARTS) is 1. The number of hydrogen-bond acceptors (Lipinski definition) is 11. The van der Waals surface area contributed by atoms with Crippen molar-refractivity contribution in [3.05, 3.63) is 20.8 Å². The minimum atomic E-state index is -1.37. The predicted molar refractivity (Wildman–Crippen MR) is 113 cm³/mol. The van der Waals surface area contributed by atoms with Gasteiger partial charge in [-0.05, 0) is 15.9 Å². The van der Waals surface area contributed by atoms with Crippen molar-refractivity contribution in [3.8, 4) is 0 Å². The van der Waals surface area contributed by atoms with Crippen molar-refractivity contribution in [1.29, 1.82) is 0 Å². The predicted octanol–water partition coefficient (Wildman–Crippen LogP) is -0.328. The summed E-state index contributed by atoms with van der Waals surface area (Å²) in [7, 11) is 1.24. The third-order valence-electron chi connectivity index (χ3n) is 4.15. The molecule has 6 N–H and O–H groups in total. The molecule has 3 heterocycles. The number of oxime groups is 1. The van der Waals surface area contributed by atoms with Crippen LogP contribution >= 0.6 is 39.0 Å². The summed E-state index contributed by atoms with van der Waals surface area (Å²) in [6.07, 6.45) is -1.07. The standard InChI is InChI=1S/C15H15BrN6O7S2/c1-28-21-6(5-9(16)31-14(17)20-5)10(23)19-7-11(24)22-8(13(25)26)4(2-29-15(18)27)3-30-12(7)22/h7,12H,2-3H2,1H3,(H2,17,20)(H2,18,27)(H,19,23)(H,25,26)/t7?,12-/m0/s1. The molecule has 1 unspecified atom stereocenters. The molecule has 0 aliphatic carbocycles. The van der Waals surface area contributed by atoms with Gasteiger partial charge >= 0.3 is 12.1 Å². The van der Waals surface area contributed by atoms with Crippen LogP contribution in [0.5, 0.6) is 0 Å². The van der Waals surface area contributed by atoms with E-state index in [1.807, 2.05) is 0 Å². The highest BCUT2D eigenvalue weighted by Crippen LogP contribution is 2.40. The second-order valence-corrected chi connectivity index (χ2v) is 9.48. The Kier molecular flexibility index (Phi) is 6.71. The number of primary amides is 1. The van der Waals surface area contributed by atoms with Gasteiger partial charge in [-0.15, -0.1) is 11.8 Å². The number of halogens is 1. The zero-order valence-corrected chi connectivity index (χ0v) is 18.9. The molecule has 0 spiro atoms. The number of fused-ring (bicyclic) bond motifs is 1. The van der Waals surface area contributed by atoms with E-state index >= 15 is 0 Å². The number of nitrogen functional groups attached to an aromatic ring is 1. The first-order chi connectivity index (χ1) is 14.6. The Morgan fingerprint density at radius 2 is 2.16 bits per heavy atom. The van der Waals surface area contributed by atoms with Gasteiger partial charge in [0.1, 0.15) is 40.3 Å². The van der Waals surface area contributed by atoms with Crippen molar-refractivity contribution in [2.24, 2.45) is 10.9 Å². The summed E-state index contributed by atoms with van der Waals surface area (Å²) >= 11 is 5.52. The summed E-state index contributed by atoms with van der Waals surface area (Å²) in [5, 5.41) is 15.3. The van der Waals surface area contributed by atoms with E-state index in [9.17, 15) is 24.3 Å². The molecule has 3 rings (SSSR count). The van der Waals surface area contributed by atoms with Crippen molar-refractivity contribution in [1.82, 2.24) is 15.2 Å². The van der Waals surface area contributed by atoms with Crippen molar-refractivity contribution in [2.75, 3.05) is 25.2 Å². The number of carbonyl (C=O) groups is 4. The molecule has 166 valence electrons. The molecule has 2 aliphatic heterocycles. The average Bonchev–Trinajstić information content (AvgIpc) is 3.04. The van der Waals surface area contributed by atoms with Crippen LogP contribution in [0.4, 0.5) is 9.93 Å². The van der Waals surface area contributed by atoms with E-state index in [-0.39, 0.29) is 40.2 Å². The Labute approximate surface area is 190 Å². The average molecular weight is 535 g/mol. The molecule has 2 atom stereocenters. The third-order valence-corrected chi connectivity index (χ3v) is 7.02. The van der Waals surface area contributed by atoms with Crippen molar-refractivity contribution < 1.29 is 33.9 Å². The van der Waals surface area contributed by atoms with Crippen LogP contribution in [0, 0.1) is 0 Å². The molecule has 0 saturated carbocycles. The number of aliphatic carboxylic acids is 1. The number of β-lactam (4-membered cyclic amide) rings is 1. The van der Waals surface area contributed by atoms with Crippen LogP contribution in [0.2, 0.25) is 0 Å². The number of thiazole rings is 1. The number of carbonyl (C=O) groups excluding carboxylic acids is 3. The minimum Gasteiger partial charge on any atom is -0.477 e. The highest BCUT2D eigenvalue weighted by molar-refractivity contribution is 9.11. The topological polar surface area (TPSA) is 200 Å². The third kappa shape index (κ3) is 4.45. The van der Waals surface area contributed by atoms with E-state index in [0.29, 0.717) is 3.79 Å². The lowest BCUT2D eigenvalue weighted by Crippen LogP contribution is -2.71. The molecule has 2 aliphatic rings. The molecule has 1 saturated heterocycles. The van der Waals surface area contributed by atoms with Crippen LogP contribution in [0.15, 0.2) is 20.2 Å². The van der Waals surface area contributed by atoms with Gasteiger partial charge in [0.05, 0.1) is 0 Å². The second-order valence-electron chi connectivity index (χ2n) is 6.02. The number of carboxylic acids is 1. The lowest BCUT2D eigenvalue weighted by atomic mass is 10.0. The molecule has 1 aromatic heterocycles. The monoisotopic (exact) mass is 534 g/mol. The summed E-state index contributed by atoms with van der Waals surface area (Å²) in [4.78, 5) is 57.8. The van der Waals surface area contributed by atoms with Crippen molar-refractivity contribution in [2.45, 2.75) is 11.4 Å². The number of anilines is 1. The maximum atomic E-state index is 12.8. The molecule has 1 fully saturated rings. The van der Waals surface area contributed by atoms with E-state index in [0.717, 1.165) is 16.2 Å². The smallest absolute Gasteiger partial charge is 0.404 e. The minimum absolute atomic E-state index is 0.138. The first-order valence-corrected chi connectivity index (χ1v) is 11.0. The van der Waals surface area contributed by atoms with E-state index in [2.05, 4.69) is 36.1 Å². The normalized spacial score (nSPS) is 20.6. The number of ether oxygens (including phenoxy) is 1. The Bertz CT molecular complexity index is 1030. The molecule has 0 bridgehead atoms. The number of thioether (sulfide) groups is 1. The van der Waals surface area contributed by atoms with Gasteiger partial charge in [0.25, 0.3) is 11.8 Å². The zero-order valence-electron chi connectivity index (χ0n) is 15.7. The summed E-state index contributed by atoms with van der Waals surface area (Å²) in [5.41, 5.74) is 10.4. The summed E-state index contributed by atoms with van der Waals surface area (Å²) < 4.78 is 5.11. The van der Waals surface area contributed by atoms with E-state index < -0.39 is 35.3 Å². The van der Waals surface area contributed by atoms with E-state index in [4.69, 9.17) is 16.3 Å². The number of rotatable bonds is 7. The number of nitrogens with two attached hydrogens (primary N) is 2. The fourth-order valence-corrected chi connectivity index (χ4v) is 5.57. The van der Waals surface area contributed by atoms with Gasteiger partial charge in [-0.1, -0.05) is 16.5 Å². The number of nitrogens with one attached hydrogen (secondary N) is 1. The molecule has 13 nitrogen and oxygen atoms in total. The van der Waals surface area contributed by atoms with Crippen LogP contribution < -0.4 is 16.8 Å². The largest absolute Gasteiger partial charge is 0.477 e. The highest BCUT2D eigenvalue weighted by Gasteiger charge is 2.54. The van der Waals surface area contributed by atoms with Gasteiger partial charge in [-0.2, -0.15) is 0 Å². The Hall–Kier alpha value is -2.85. The van der Waals surface area contributed by atoms with E-state index in [1.54, 1.807) is 0 Å². The van der Waals surface area contributed by atoms with Crippen LogP contribution in [-0.2, 0) is 24.0 Å². The Morgan fingerprint density at radius 3 is 2.71 bits per heavy atom. The fourth-order valence-electron chi connectivity index (χ4n) is 2.91. The quantitative estimate of drug-likeness (QED) is 0.204. The molecule has 1 aromatic rings. The van der Waals surface area contributed by atoms with Crippen LogP contribution in [0.3, 0.4) is 0 Å². The number of nitrogens with zero attached hydrogens (tertiary/aromatic N) is 3. The number of amides is 3. The maximum absolute atomic E-state index is 12.8. The molecule has 3 amide bonds. The van der Waals surface area contributed by atoms with Crippen LogP contribution in [-0.4, -0.2) is 75.5 Å². The van der Waals surface area contributed by atoms with Crippen molar-refractivity contribution >= 4 is 73.7 Å². The fraction of sp³-hybridized carbons (Fsp3) is 0.333. The van der Waals surface area contributed by atoms with Crippen LogP contribution in [0.1, 0.15) is 5.69 Å². The van der Waals surface area contributed by atoms with Gasteiger partial charge in [-0.3, -0.25) is 14.5 Å². The molecular weight excluding hydrogens is 520 g/mol. The van der Waals surface area contributed by atoms with Gasteiger partial charge in [0, 0.05) is 11.3 Å². The maximum Gasteiger partial charge on any atom is 0.404 e. The van der Waals surface area contributed by atoms with E-state index in [1.165, 1.54) is 18.9 Å². The number of hydrogen-bond donors (Lipinski definition) is 4. The molecule has 0 radical (unpaired) electrons. The zero-order chi connectivity index (χ0) is 22.9. The lowest BCUT2D eigenvalue weighted by molar-refractivity contribution is -0.150. The summed E-state index contributed by atoms with van der Waals surface area (Å²) in [6, 6.07) is -1.01. The molecule has 31 heavy (non-hydrogen) atoms. The first kappa shape index (κ1) is 22.8. The summed E-state index contributed by atoms with van der Waals surface area (Å²) in [5.74, 6) is -2.61. The Morgan fingerprint density at radius 1 is 1.45 bits per heavy atom. The second kappa shape index (κ2) is 9.11. The highest BCUT2D eigenvalue weighted by atomic mass is 79.9. The lowest BCUT2D eigenvalue weighted by Gasteiger charge is -2.49. The summed E-state index contributed by atoms with van der Waals surface area (Å²) in [6.45, 7) is -0.360. The van der Waals surface area contributed by atoms with Crippen LogP contribution in [0.25, 0.3) is 0 Å². The molecule has 16 heteroatoms. The number of aromatic nitrogens is 1. The Balaban J connectivity index is 1.79. The molecule has 0 aromatic carbocycles.